The SMILES string of the molecule is CCC1(C)C(Br)CC1OCCC(F)(F)F. The molecule has 0 spiro atoms. The predicted molar refractivity (Wildman–Crippen MR) is 56.1 cm³/mol. The Labute approximate surface area is 96.5 Å². The Morgan fingerprint density at radius 1 is 1.47 bits per heavy atom. The van der Waals surface area contributed by atoms with E-state index in [1.54, 1.807) is 0 Å². The molecule has 0 radical (unpaired) electrons. The molecule has 0 aromatic heterocycles. The molecule has 0 amide bonds. The van der Waals surface area contributed by atoms with Gasteiger partial charge in [0.15, 0.2) is 0 Å². The summed E-state index contributed by atoms with van der Waals surface area (Å²) in [5.41, 5.74) is -0.00833. The van der Waals surface area contributed by atoms with Crippen LogP contribution in [0.15, 0.2) is 0 Å². The minimum atomic E-state index is -4.11. The molecular weight excluding hydrogens is 273 g/mol. The van der Waals surface area contributed by atoms with E-state index < -0.39 is 12.6 Å². The molecule has 0 N–H and O–H groups in total. The summed E-state index contributed by atoms with van der Waals surface area (Å²) in [5.74, 6) is 0. The van der Waals surface area contributed by atoms with E-state index in [0.29, 0.717) is 4.83 Å². The molecule has 1 saturated carbocycles. The zero-order chi connectivity index (χ0) is 11.7. The minimum Gasteiger partial charge on any atom is -0.377 e. The second kappa shape index (κ2) is 4.62. The number of alkyl halides is 4. The summed E-state index contributed by atoms with van der Waals surface area (Å²) < 4.78 is 41.0. The molecule has 0 aromatic rings. The van der Waals surface area contributed by atoms with E-state index in [1.165, 1.54) is 0 Å². The van der Waals surface area contributed by atoms with Crippen molar-refractivity contribution in [3.05, 3.63) is 0 Å². The molecule has 1 aliphatic carbocycles. The van der Waals surface area contributed by atoms with Crippen molar-refractivity contribution in [1.29, 1.82) is 0 Å². The Hall–Kier alpha value is 0.230. The van der Waals surface area contributed by atoms with E-state index >= 15 is 0 Å². The van der Waals surface area contributed by atoms with Gasteiger partial charge in [-0.1, -0.05) is 29.8 Å². The van der Waals surface area contributed by atoms with Gasteiger partial charge in [-0.05, 0) is 12.8 Å². The van der Waals surface area contributed by atoms with Crippen molar-refractivity contribution < 1.29 is 17.9 Å². The highest BCUT2D eigenvalue weighted by Crippen LogP contribution is 2.50. The molecule has 5 heteroatoms. The fourth-order valence-corrected chi connectivity index (χ4v) is 2.75. The van der Waals surface area contributed by atoms with Crippen LogP contribution in [0.1, 0.15) is 33.1 Å². The lowest BCUT2D eigenvalue weighted by molar-refractivity contribution is -0.165. The van der Waals surface area contributed by atoms with E-state index in [4.69, 9.17) is 4.74 Å². The van der Waals surface area contributed by atoms with Crippen molar-refractivity contribution in [2.75, 3.05) is 6.61 Å². The van der Waals surface area contributed by atoms with Gasteiger partial charge in [-0.3, -0.25) is 0 Å². The van der Waals surface area contributed by atoms with E-state index in [0.717, 1.165) is 12.8 Å². The number of hydrogen-bond acceptors (Lipinski definition) is 1. The van der Waals surface area contributed by atoms with E-state index in [-0.39, 0.29) is 18.1 Å². The Balaban J connectivity index is 2.30. The van der Waals surface area contributed by atoms with Crippen molar-refractivity contribution in [3.63, 3.8) is 0 Å². The van der Waals surface area contributed by atoms with Crippen molar-refractivity contribution in [2.24, 2.45) is 5.41 Å². The van der Waals surface area contributed by atoms with Crippen molar-refractivity contribution in [1.82, 2.24) is 0 Å². The highest BCUT2D eigenvalue weighted by atomic mass is 79.9. The minimum absolute atomic E-state index is 0.00833. The lowest BCUT2D eigenvalue weighted by atomic mass is 9.66. The molecule has 0 bridgehead atoms. The summed E-state index contributed by atoms with van der Waals surface area (Å²) in [5, 5.41) is 0. The van der Waals surface area contributed by atoms with Gasteiger partial charge in [0.1, 0.15) is 0 Å². The molecule has 1 fully saturated rings. The van der Waals surface area contributed by atoms with Crippen molar-refractivity contribution in [2.45, 2.75) is 50.2 Å². The van der Waals surface area contributed by atoms with Gasteiger partial charge < -0.3 is 4.74 Å². The third-order valence-electron chi connectivity index (χ3n) is 3.34. The number of hydrogen-bond donors (Lipinski definition) is 0. The number of ether oxygens (including phenoxy) is 1. The Kier molecular flexibility index (Phi) is 4.09. The fourth-order valence-electron chi connectivity index (χ4n) is 1.79. The standard InChI is InChI=1S/C10H16BrF3O/c1-3-9(2)7(11)6-8(9)15-5-4-10(12,13)14/h7-8H,3-6H2,1-2H3. The Morgan fingerprint density at radius 2 is 2.07 bits per heavy atom. The number of halogens is 4. The van der Waals surface area contributed by atoms with Gasteiger partial charge in [0.25, 0.3) is 0 Å². The first-order chi connectivity index (χ1) is 6.79. The zero-order valence-corrected chi connectivity index (χ0v) is 10.5. The van der Waals surface area contributed by atoms with E-state index in [2.05, 4.69) is 15.9 Å². The maximum atomic E-state index is 11.9. The van der Waals surface area contributed by atoms with Crippen molar-refractivity contribution >= 4 is 15.9 Å². The average Bonchev–Trinajstić information content (AvgIpc) is 2.13. The van der Waals surface area contributed by atoms with Crippen LogP contribution in [-0.2, 0) is 4.74 Å². The summed E-state index contributed by atoms with van der Waals surface area (Å²) >= 11 is 3.51. The molecule has 0 saturated heterocycles. The summed E-state index contributed by atoms with van der Waals surface area (Å²) in [6, 6.07) is 0. The van der Waals surface area contributed by atoms with Crippen LogP contribution in [0, 0.1) is 5.41 Å². The van der Waals surface area contributed by atoms with Crippen LogP contribution in [0.5, 0.6) is 0 Å². The molecule has 90 valence electrons. The maximum absolute atomic E-state index is 11.9. The highest BCUT2D eigenvalue weighted by molar-refractivity contribution is 9.09. The third-order valence-corrected chi connectivity index (χ3v) is 4.76. The molecule has 1 nitrogen and oxygen atoms in total. The third kappa shape index (κ3) is 3.09. The first-order valence-electron chi connectivity index (χ1n) is 5.12. The van der Waals surface area contributed by atoms with Crippen LogP contribution >= 0.6 is 15.9 Å². The molecule has 15 heavy (non-hydrogen) atoms. The van der Waals surface area contributed by atoms with Gasteiger partial charge in [0.2, 0.25) is 0 Å². The molecular formula is C10H16BrF3O. The Morgan fingerprint density at radius 3 is 2.47 bits per heavy atom. The van der Waals surface area contributed by atoms with E-state index in [9.17, 15) is 13.2 Å². The van der Waals surface area contributed by atoms with Gasteiger partial charge in [-0.25, -0.2) is 0 Å². The predicted octanol–water partition coefficient (Wildman–Crippen LogP) is 3.91. The first kappa shape index (κ1) is 13.3. The van der Waals surface area contributed by atoms with Crippen LogP contribution in [0.25, 0.3) is 0 Å². The largest absolute Gasteiger partial charge is 0.391 e. The van der Waals surface area contributed by atoms with Gasteiger partial charge in [0, 0.05) is 10.2 Å². The number of rotatable bonds is 4. The summed E-state index contributed by atoms with van der Waals surface area (Å²) in [7, 11) is 0. The van der Waals surface area contributed by atoms with Gasteiger partial charge >= 0.3 is 6.18 Å². The Bertz CT molecular complexity index is 219. The first-order valence-corrected chi connectivity index (χ1v) is 6.03. The van der Waals surface area contributed by atoms with Crippen LogP contribution < -0.4 is 0 Å². The average molecular weight is 289 g/mol. The molecule has 3 unspecified atom stereocenters. The highest BCUT2D eigenvalue weighted by Gasteiger charge is 2.50. The van der Waals surface area contributed by atoms with Gasteiger partial charge in [0.05, 0.1) is 19.1 Å². The second-order valence-corrected chi connectivity index (χ2v) is 5.39. The zero-order valence-electron chi connectivity index (χ0n) is 8.90. The molecule has 1 aliphatic rings. The second-order valence-electron chi connectivity index (χ2n) is 4.29. The van der Waals surface area contributed by atoms with Crippen LogP contribution in [0.3, 0.4) is 0 Å². The molecule has 1 rings (SSSR count). The summed E-state index contributed by atoms with van der Waals surface area (Å²) in [6.07, 6.45) is -3.27. The van der Waals surface area contributed by atoms with Gasteiger partial charge in [-0.15, -0.1) is 0 Å². The maximum Gasteiger partial charge on any atom is 0.391 e. The summed E-state index contributed by atoms with van der Waals surface area (Å²) in [6.45, 7) is 3.87. The van der Waals surface area contributed by atoms with Gasteiger partial charge in [-0.2, -0.15) is 13.2 Å². The topological polar surface area (TPSA) is 9.23 Å². The molecule has 3 atom stereocenters. The van der Waals surface area contributed by atoms with E-state index in [1.807, 2.05) is 13.8 Å². The molecule has 0 heterocycles. The van der Waals surface area contributed by atoms with Crippen LogP contribution in [0.2, 0.25) is 0 Å². The quantitative estimate of drug-likeness (QED) is 0.713. The molecule has 0 aromatic carbocycles. The monoisotopic (exact) mass is 288 g/mol. The lowest BCUT2D eigenvalue weighted by Gasteiger charge is -2.51. The summed E-state index contributed by atoms with van der Waals surface area (Å²) in [4.78, 5) is 0.367. The molecule has 0 aliphatic heterocycles. The smallest absolute Gasteiger partial charge is 0.377 e. The van der Waals surface area contributed by atoms with Crippen molar-refractivity contribution in [3.8, 4) is 0 Å². The fraction of sp³-hybridized carbons (Fsp3) is 1.00. The van der Waals surface area contributed by atoms with Crippen LogP contribution in [0.4, 0.5) is 13.2 Å². The lowest BCUT2D eigenvalue weighted by Crippen LogP contribution is -2.53. The normalized spacial score (nSPS) is 36.4. The van der Waals surface area contributed by atoms with Crippen LogP contribution in [-0.4, -0.2) is 23.7 Å².